The maximum atomic E-state index is 5.00. The Morgan fingerprint density at radius 1 is 0.731 bits per heavy atom. The molecule has 1 aromatic heterocycles. The van der Waals surface area contributed by atoms with Gasteiger partial charge in [-0.15, -0.1) is 0 Å². The molecule has 0 N–H and O–H groups in total. The monoisotopic (exact) mass is 338 g/mol. The van der Waals surface area contributed by atoms with Crippen molar-refractivity contribution in [1.82, 2.24) is 9.55 Å². The number of benzene rings is 3. The number of imidazole rings is 1. The molecular formula is C24H22N2. The second-order valence-electron chi connectivity index (χ2n) is 6.69. The Balaban J connectivity index is 1.85. The molecule has 0 saturated carbocycles. The molecule has 0 aliphatic carbocycles. The first-order valence-corrected chi connectivity index (χ1v) is 8.95. The molecule has 0 saturated heterocycles. The fourth-order valence-electron chi connectivity index (χ4n) is 3.29. The predicted molar refractivity (Wildman–Crippen MR) is 108 cm³/mol. The molecule has 3 aromatic carbocycles. The normalized spacial score (nSPS) is 10.8. The van der Waals surface area contributed by atoms with E-state index in [0.717, 1.165) is 23.6 Å². The van der Waals surface area contributed by atoms with Crippen LogP contribution in [0.1, 0.15) is 16.7 Å². The Hall–Kier alpha value is -3.13. The molecule has 26 heavy (non-hydrogen) atoms. The predicted octanol–water partition coefficient (Wildman–Crippen LogP) is 5.88. The van der Waals surface area contributed by atoms with E-state index in [1.807, 2.05) is 6.07 Å². The SMILES string of the molecule is Cc1ccccc1Cn1cc(-c2ccccc2)nc1-c1ccccc1C. The van der Waals surface area contributed by atoms with E-state index in [-0.39, 0.29) is 0 Å². The Morgan fingerprint density at radius 2 is 1.38 bits per heavy atom. The zero-order chi connectivity index (χ0) is 17.9. The number of hydrogen-bond acceptors (Lipinski definition) is 1. The average Bonchev–Trinajstić information content (AvgIpc) is 3.08. The van der Waals surface area contributed by atoms with Gasteiger partial charge >= 0.3 is 0 Å². The third kappa shape index (κ3) is 3.18. The lowest BCUT2D eigenvalue weighted by atomic mass is 10.1. The van der Waals surface area contributed by atoms with Gasteiger partial charge in [-0.3, -0.25) is 0 Å². The van der Waals surface area contributed by atoms with Crippen LogP contribution in [-0.2, 0) is 6.54 Å². The molecule has 0 amide bonds. The second-order valence-corrected chi connectivity index (χ2v) is 6.69. The average molecular weight is 338 g/mol. The van der Waals surface area contributed by atoms with Crippen molar-refractivity contribution in [2.45, 2.75) is 20.4 Å². The van der Waals surface area contributed by atoms with Gasteiger partial charge in [-0.2, -0.15) is 0 Å². The van der Waals surface area contributed by atoms with Crippen molar-refractivity contribution in [2.75, 3.05) is 0 Å². The van der Waals surface area contributed by atoms with E-state index in [4.69, 9.17) is 4.98 Å². The highest BCUT2D eigenvalue weighted by molar-refractivity contribution is 5.67. The molecule has 0 unspecified atom stereocenters. The minimum Gasteiger partial charge on any atom is -0.326 e. The summed E-state index contributed by atoms with van der Waals surface area (Å²) in [5, 5.41) is 0. The van der Waals surface area contributed by atoms with Crippen molar-refractivity contribution < 1.29 is 0 Å². The van der Waals surface area contributed by atoms with Gasteiger partial charge in [0, 0.05) is 23.9 Å². The summed E-state index contributed by atoms with van der Waals surface area (Å²) >= 11 is 0. The van der Waals surface area contributed by atoms with Crippen LogP contribution in [0.3, 0.4) is 0 Å². The summed E-state index contributed by atoms with van der Waals surface area (Å²) in [6.45, 7) is 5.12. The number of aryl methyl sites for hydroxylation is 2. The summed E-state index contributed by atoms with van der Waals surface area (Å²) in [7, 11) is 0. The quantitative estimate of drug-likeness (QED) is 0.454. The van der Waals surface area contributed by atoms with Crippen LogP contribution in [-0.4, -0.2) is 9.55 Å². The van der Waals surface area contributed by atoms with Crippen LogP contribution < -0.4 is 0 Å². The van der Waals surface area contributed by atoms with E-state index < -0.39 is 0 Å². The number of rotatable bonds is 4. The van der Waals surface area contributed by atoms with E-state index in [2.05, 4.69) is 97.4 Å². The molecule has 4 aromatic rings. The summed E-state index contributed by atoms with van der Waals surface area (Å²) in [4.78, 5) is 5.00. The van der Waals surface area contributed by atoms with Gasteiger partial charge in [-0.05, 0) is 30.5 Å². The first kappa shape index (κ1) is 16.3. The van der Waals surface area contributed by atoms with Gasteiger partial charge in [0.1, 0.15) is 5.82 Å². The van der Waals surface area contributed by atoms with E-state index in [9.17, 15) is 0 Å². The van der Waals surface area contributed by atoms with Gasteiger partial charge in [0.2, 0.25) is 0 Å². The molecule has 0 fully saturated rings. The minimum absolute atomic E-state index is 0.816. The molecule has 1 heterocycles. The van der Waals surface area contributed by atoms with Crippen molar-refractivity contribution in [3.8, 4) is 22.6 Å². The van der Waals surface area contributed by atoms with Crippen LogP contribution in [0.25, 0.3) is 22.6 Å². The molecule has 2 nitrogen and oxygen atoms in total. The van der Waals surface area contributed by atoms with E-state index in [0.29, 0.717) is 0 Å². The lowest BCUT2D eigenvalue weighted by Gasteiger charge is -2.11. The van der Waals surface area contributed by atoms with E-state index in [1.54, 1.807) is 0 Å². The molecule has 0 atom stereocenters. The first-order valence-electron chi connectivity index (χ1n) is 8.95. The standard InChI is InChI=1S/C24H22N2/c1-18-10-6-8-14-21(18)16-26-17-23(20-12-4-3-5-13-20)25-24(26)22-15-9-7-11-19(22)2/h3-15,17H,16H2,1-2H3. The zero-order valence-electron chi connectivity index (χ0n) is 15.2. The zero-order valence-corrected chi connectivity index (χ0v) is 15.2. The smallest absolute Gasteiger partial charge is 0.141 e. The molecular weight excluding hydrogens is 316 g/mol. The second kappa shape index (κ2) is 7.01. The summed E-state index contributed by atoms with van der Waals surface area (Å²) in [5.41, 5.74) is 7.20. The highest BCUT2D eigenvalue weighted by Crippen LogP contribution is 2.28. The van der Waals surface area contributed by atoms with Gasteiger partial charge in [0.25, 0.3) is 0 Å². The lowest BCUT2D eigenvalue weighted by molar-refractivity contribution is 0.801. The highest BCUT2D eigenvalue weighted by Gasteiger charge is 2.14. The van der Waals surface area contributed by atoms with Gasteiger partial charge in [-0.1, -0.05) is 78.9 Å². The van der Waals surface area contributed by atoms with Crippen molar-refractivity contribution in [3.63, 3.8) is 0 Å². The van der Waals surface area contributed by atoms with E-state index in [1.165, 1.54) is 22.3 Å². The van der Waals surface area contributed by atoms with Gasteiger partial charge < -0.3 is 4.57 Å². The van der Waals surface area contributed by atoms with Crippen LogP contribution in [0, 0.1) is 13.8 Å². The topological polar surface area (TPSA) is 17.8 Å². The fourth-order valence-corrected chi connectivity index (χ4v) is 3.29. The molecule has 0 spiro atoms. The summed E-state index contributed by atoms with van der Waals surface area (Å²) in [5.74, 6) is 1.02. The van der Waals surface area contributed by atoms with Crippen molar-refractivity contribution in [2.24, 2.45) is 0 Å². The Labute approximate surface area is 154 Å². The Kier molecular flexibility index (Phi) is 4.40. The highest BCUT2D eigenvalue weighted by atomic mass is 15.1. The van der Waals surface area contributed by atoms with Gasteiger partial charge in [-0.25, -0.2) is 4.98 Å². The van der Waals surface area contributed by atoms with Gasteiger partial charge in [0.05, 0.1) is 5.69 Å². The van der Waals surface area contributed by atoms with Crippen LogP contribution in [0.5, 0.6) is 0 Å². The number of nitrogens with zero attached hydrogens (tertiary/aromatic N) is 2. The number of hydrogen-bond donors (Lipinski definition) is 0. The molecule has 0 aliphatic rings. The molecule has 0 aliphatic heterocycles. The molecule has 0 bridgehead atoms. The van der Waals surface area contributed by atoms with Crippen LogP contribution in [0.15, 0.2) is 85.1 Å². The first-order chi connectivity index (χ1) is 12.7. The summed E-state index contributed by atoms with van der Waals surface area (Å²) in [6.07, 6.45) is 2.17. The maximum absolute atomic E-state index is 5.00. The Morgan fingerprint density at radius 3 is 2.12 bits per heavy atom. The maximum Gasteiger partial charge on any atom is 0.141 e. The summed E-state index contributed by atoms with van der Waals surface area (Å²) < 4.78 is 2.27. The van der Waals surface area contributed by atoms with Crippen molar-refractivity contribution in [1.29, 1.82) is 0 Å². The molecule has 2 heteroatoms. The minimum atomic E-state index is 0.816. The Bertz CT molecular complexity index is 1030. The molecule has 0 radical (unpaired) electrons. The third-order valence-corrected chi connectivity index (χ3v) is 4.83. The van der Waals surface area contributed by atoms with Crippen LogP contribution in [0.2, 0.25) is 0 Å². The van der Waals surface area contributed by atoms with Crippen molar-refractivity contribution in [3.05, 3.63) is 102 Å². The molecule has 128 valence electrons. The summed E-state index contributed by atoms with van der Waals surface area (Å²) in [6, 6.07) is 27.4. The van der Waals surface area contributed by atoms with Crippen LogP contribution >= 0.6 is 0 Å². The largest absolute Gasteiger partial charge is 0.326 e. The number of aromatic nitrogens is 2. The van der Waals surface area contributed by atoms with E-state index >= 15 is 0 Å². The fraction of sp³-hybridized carbons (Fsp3) is 0.125. The van der Waals surface area contributed by atoms with Crippen LogP contribution in [0.4, 0.5) is 0 Å². The lowest BCUT2D eigenvalue weighted by Crippen LogP contribution is -2.03. The molecule has 4 rings (SSSR count). The van der Waals surface area contributed by atoms with Gasteiger partial charge in [0.15, 0.2) is 0 Å². The van der Waals surface area contributed by atoms with Crippen molar-refractivity contribution >= 4 is 0 Å². The third-order valence-electron chi connectivity index (χ3n) is 4.83.